The molecule has 1 aliphatic heterocycles. The molecule has 1 aromatic rings. The van der Waals surface area contributed by atoms with Gasteiger partial charge in [-0.25, -0.2) is 4.99 Å². The van der Waals surface area contributed by atoms with Crippen molar-refractivity contribution >= 4 is 29.9 Å². The van der Waals surface area contributed by atoms with Crippen LogP contribution in [0, 0.1) is 0 Å². The van der Waals surface area contributed by atoms with Gasteiger partial charge < -0.3 is 25.0 Å². The third kappa shape index (κ3) is 8.18. The minimum Gasteiger partial charge on any atom is -0.497 e. The van der Waals surface area contributed by atoms with Gasteiger partial charge in [0.2, 0.25) is 0 Å². The molecule has 1 saturated heterocycles. The summed E-state index contributed by atoms with van der Waals surface area (Å²) in [5.41, 5.74) is 1.03. The van der Waals surface area contributed by atoms with Crippen LogP contribution < -0.4 is 20.1 Å². The van der Waals surface area contributed by atoms with Crippen LogP contribution in [0.15, 0.2) is 23.2 Å². The van der Waals surface area contributed by atoms with Crippen molar-refractivity contribution in [3.05, 3.63) is 23.8 Å². The van der Waals surface area contributed by atoms with Crippen molar-refractivity contribution in [3.63, 3.8) is 0 Å². The molecule has 7 nitrogen and oxygen atoms in total. The predicted octanol–water partition coefficient (Wildman–Crippen LogP) is 2.40. The minimum atomic E-state index is 0. The van der Waals surface area contributed by atoms with E-state index in [1.807, 2.05) is 18.2 Å². The van der Waals surface area contributed by atoms with E-state index in [9.17, 15) is 0 Å². The van der Waals surface area contributed by atoms with Gasteiger partial charge in [0.1, 0.15) is 11.5 Å². The highest BCUT2D eigenvalue weighted by Crippen LogP contribution is 2.25. The number of aliphatic imine (C=N–C) groups is 1. The molecule has 0 saturated carbocycles. The molecule has 1 aliphatic rings. The lowest BCUT2D eigenvalue weighted by atomic mass is 10.2. The van der Waals surface area contributed by atoms with Crippen molar-refractivity contribution in [2.75, 3.05) is 60.0 Å². The van der Waals surface area contributed by atoms with Gasteiger partial charge in [-0.3, -0.25) is 4.90 Å². The van der Waals surface area contributed by atoms with Crippen molar-refractivity contribution in [3.8, 4) is 11.5 Å². The highest BCUT2D eigenvalue weighted by atomic mass is 127. The van der Waals surface area contributed by atoms with E-state index >= 15 is 0 Å². The number of likely N-dealkylation sites (N-methyl/N-ethyl adjacent to an activating group) is 1. The molecule has 166 valence electrons. The lowest BCUT2D eigenvalue weighted by Crippen LogP contribution is -2.53. The van der Waals surface area contributed by atoms with Crippen molar-refractivity contribution in [1.29, 1.82) is 0 Å². The molecule has 0 amide bonds. The van der Waals surface area contributed by atoms with Gasteiger partial charge in [0, 0.05) is 56.9 Å². The van der Waals surface area contributed by atoms with Crippen molar-refractivity contribution in [2.24, 2.45) is 4.99 Å². The van der Waals surface area contributed by atoms with E-state index in [1.165, 1.54) is 0 Å². The zero-order valence-electron chi connectivity index (χ0n) is 18.5. The molecule has 2 N–H and O–H groups in total. The molecular weight excluding hydrogens is 481 g/mol. The molecule has 0 aromatic heterocycles. The first-order valence-electron chi connectivity index (χ1n) is 10.3. The lowest BCUT2D eigenvalue weighted by molar-refractivity contribution is 0.107. The standard InChI is InChI=1S/C21H37N5O2.HI/c1-6-22-21(23-15-17(3)26-12-10-25(7-2)11-13-26)24-16-18-8-9-19(27-4)14-20(18)28-5;/h8-9,14,17H,6-7,10-13,15-16H2,1-5H3,(H2,22,23,24);1H. The number of benzene rings is 1. The van der Waals surface area contributed by atoms with Crippen molar-refractivity contribution < 1.29 is 9.47 Å². The number of hydrogen-bond acceptors (Lipinski definition) is 5. The van der Waals surface area contributed by atoms with Crippen LogP contribution in [0.1, 0.15) is 26.3 Å². The Hall–Kier alpha value is -1.26. The average molecular weight is 519 g/mol. The lowest BCUT2D eigenvalue weighted by Gasteiger charge is -2.37. The second kappa shape index (κ2) is 13.9. The Balaban J connectivity index is 0.00000420. The number of halogens is 1. The van der Waals surface area contributed by atoms with Gasteiger partial charge in [-0.05, 0) is 32.5 Å². The number of guanidine groups is 1. The van der Waals surface area contributed by atoms with Gasteiger partial charge in [0.05, 0.1) is 20.8 Å². The Morgan fingerprint density at radius 3 is 2.41 bits per heavy atom. The fourth-order valence-electron chi connectivity index (χ4n) is 3.38. The summed E-state index contributed by atoms with van der Waals surface area (Å²) >= 11 is 0. The topological polar surface area (TPSA) is 61.4 Å². The maximum absolute atomic E-state index is 5.47. The minimum absolute atomic E-state index is 0. The average Bonchev–Trinajstić information content (AvgIpc) is 2.75. The maximum atomic E-state index is 5.47. The van der Waals surface area contributed by atoms with Crippen molar-refractivity contribution in [2.45, 2.75) is 33.4 Å². The molecule has 0 spiro atoms. The fraction of sp³-hybridized carbons (Fsp3) is 0.667. The molecule has 1 aromatic carbocycles. The van der Waals surface area contributed by atoms with E-state index in [0.29, 0.717) is 12.6 Å². The summed E-state index contributed by atoms with van der Waals surface area (Å²) in [6, 6.07) is 6.30. The third-order valence-corrected chi connectivity index (χ3v) is 5.29. The first-order valence-corrected chi connectivity index (χ1v) is 10.3. The van der Waals surface area contributed by atoms with Gasteiger partial charge >= 0.3 is 0 Å². The Morgan fingerprint density at radius 2 is 1.83 bits per heavy atom. The Bertz CT molecular complexity index is 621. The normalized spacial score (nSPS) is 16.7. The Morgan fingerprint density at radius 1 is 1.10 bits per heavy atom. The molecule has 29 heavy (non-hydrogen) atoms. The highest BCUT2D eigenvalue weighted by molar-refractivity contribution is 14.0. The fourth-order valence-corrected chi connectivity index (χ4v) is 3.38. The van der Waals surface area contributed by atoms with Gasteiger partial charge in [0.25, 0.3) is 0 Å². The van der Waals surface area contributed by atoms with Crippen LogP contribution in [0.4, 0.5) is 0 Å². The van der Waals surface area contributed by atoms with E-state index in [0.717, 1.165) is 68.8 Å². The first-order chi connectivity index (χ1) is 13.6. The first kappa shape index (κ1) is 25.8. The molecular formula is C21H38IN5O2. The smallest absolute Gasteiger partial charge is 0.191 e. The molecule has 2 rings (SSSR count). The van der Waals surface area contributed by atoms with Crippen LogP contribution >= 0.6 is 24.0 Å². The number of nitrogens with zero attached hydrogens (tertiary/aromatic N) is 3. The number of rotatable bonds is 9. The van der Waals surface area contributed by atoms with Gasteiger partial charge in [-0.1, -0.05) is 6.92 Å². The SMILES string of the molecule is CCNC(=NCc1ccc(OC)cc1OC)NCC(C)N1CCN(CC)CC1.I. The molecule has 0 bridgehead atoms. The zero-order chi connectivity index (χ0) is 20.4. The van der Waals surface area contributed by atoms with Gasteiger partial charge in [-0.15, -0.1) is 24.0 Å². The number of hydrogen-bond donors (Lipinski definition) is 2. The van der Waals surface area contributed by atoms with E-state index < -0.39 is 0 Å². The number of methoxy groups -OCH3 is 2. The largest absolute Gasteiger partial charge is 0.497 e. The van der Waals surface area contributed by atoms with Gasteiger partial charge in [-0.2, -0.15) is 0 Å². The van der Waals surface area contributed by atoms with Crippen LogP contribution in [0.25, 0.3) is 0 Å². The summed E-state index contributed by atoms with van der Waals surface area (Å²) in [4.78, 5) is 9.79. The summed E-state index contributed by atoms with van der Waals surface area (Å²) in [6.07, 6.45) is 0. The van der Waals surface area contributed by atoms with E-state index in [-0.39, 0.29) is 24.0 Å². The molecule has 0 radical (unpaired) electrons. The molecule has 1 heterocycles. The highest BCUT2D eigenvalue weighted by Gasteiger charge is 2.20. The van der Waals surface area contributed by atoms with Crippen LogP contribution in [0.2, 0.25) is 0 Å². The number of ether oxygens (including phenoxy) is 2. The summed E-state index contributed by atoms with van der Waals surface area (Å²) in [5, 5.41) is 6.83. The summed E-state index contributed by atoms with van der Waals surface area (Å²) in [5.74, 6) is 2.41. The monoisotopic (exact) mass is 519 g/mol. The summed E-state index contributed by atoms with van der Waals surface area (Å²) < 4.78 is 10.7. The van der Waals surface area contributed by atoms with Crippen molar-refractivity contribution in [1.82, 2.24) is 20.4 Å². The molecule has 0 aliphatic carbocycles. The van der Waals surface area contributed by atoms with E-state index in [2.05, 4.69) is 41.2 Å². The molecule has 8 heteroatoms. The van der Waals surface area contributed by atoms with Crippen LogP contribution in [-0.4, -0.2) is 81.8 Å². The molecule has 1 fully saturated rings. The number of piperazine rings is 1. The zero-order valence-corrected chi connectivity index (χ0v) is 20.9. The van der Waals surface area contributed by atoms with Gasteiger partial charge in [0.15, 0.2) is 5.96 Å². The number of nitrogens with one attached hydrogen (secondary N) is 2. The Labute approximate surface area is 193 Å². The third-order valence-electron chi connectivity index (χ3n) is 5.29. The quantitative estimate of drug-likeness (QED) is 0.297. The Kier molecular flexibility index (Phi) is 12.3. The van der Waals surface area contributed by atoms with E-state index in [4.69, 9.17) is 14.5 Å². The maximum Gasteiger partial charge on any atom is 0.191 e. The van der Waals surface area contributed by atoms with Crippen LogP contribution in [0.3, 0.4) is 0 Å². The summed E-state index contributed by atoms with van der Waals surface area (Å²) in [7, 11) is 3.33. The van der Waals surface area contributed by atoms with Crippen LogP contribution in [0.5, 0.6) is 11.5 Å². The molecule has 1 atom stereocenters. The van der Waals surface area contributed by atoms with E-state index in [1.54, 1.807) is 14.2 Å². The second-order valence-corrected chi connectivity index (χ2v) is 7.07. The predicted molar refractivity (Wildman–Crippen MR) is 131 cm³/mol. The summed E-state index contributed by atoms with van der Waals surface area (Å²) in [6.45, 7) is 14.6. The molecule has 1 unspecified atom stereocenters. The second-order valence-electron chi connectivity index (χ2n) is 7.07. The van der Waals surface area contributed by atoms with Crippen LogP contribution in [-0.2, 0) is 6.54 Å².